The lowest BCUT2D eigenvalue weighted by Gasteiger charge is -2.35. The Labute approximate surface area is 94.7 Å². The first-order valence-corrected chi connectivity index (χ1v) is 5.55. The molecule has 0 amide bonds. The summed E-state index contributed by atoms with van der Waals surface area (Å²) in [6.07, 6.45) is 2.39. The molecule has 0 spiro atoms. The quantitative estimate of drug-likeness (QED) is 0.776. The Bertz CT molecular complexity index is 372. The number of aromatic nitrogens is 2. The van der Waals surface area contributed by atoms with Gasteiger partial charge in [-0.1, -0.05) is 6.92 Å². The summed E-state index contributed by atoms with van der Waals surface area (Å²) in [6.45, 7) is 5.24. The van der Waals surface area contributed by atoms with Crippen molar-refractivity contribution in [2.75, 3.05) is 18.0 Å². The van der Waals surface area contributed by atoms with Crippen LogP contribution in [0, 0.1) is 18.7 Å². The Hall–Kier alpha value is -1.23. The van der Waals surface area contributed by atoms with Crippen molar-refractivity contribution in [1.82, 2.24) is 9.97 Å². The van der Waals surface area contributed by atoms with E-state index in [4.69, 9.17) is 5.73 Å². The smallest absolute Gasteiger partial charge is 0.186 e. The third-order valence-electron chi connectivity index (χ3n) is 2.94. The molecule has 88 valence electrons. The minimum absolute atomic E-state index is 0.0958. The molecule has 2 unspecified atom stereocenters. The molecule has 2 rings (SSSR count). The topological polar surface area (TPSA) is 55.0 Å². The van der Waals surface area contributed by atoms with Crippen LogP contribution >= 0.6 is 0 Å². The minimum Gasteiger partial charge on any atom is -0.352 e. The summed E-state index contributed by atoms with van der Waals surface area (Å²) >= 11 is 0. The van der Waals surface area contributed by atoms with E-state index in [2.05, 4.69) is 16.9 Å². The van der Waals surface area contributed by atoms with Crippen LogP contribution in [0.15, 0.2) is 6.33 Å². The fraction of sp³-hybridized carbons (Fsp3) is 0.636. The maximum absolute atomic E-state index is 13.8. The summed E-state index contributed by atoms with van der Waals surface area (Å²) in [5.41, 5.74) is 6.32. The molecule has 1 aliphatic rings. The number of anilines is 1. The van der Waals surface area contributed by atoms with Gasteiger partial charge in [-0.05, 0) is 19.3 Å². The van der Waals surface area contributed by atoms with Crippen LogP contribution in [0.25, 0.3) is 0 Å². The van der Waals surface area contributed by atoms with Gasteiger partial charge in [0.15, 0.2) is 11.6 Å². The van der Waals surface area contributed by atoms with Crippen LogP contribution in [-0.2, 0) is 0 Å². The zero-order valence-electron chi connectivity index (χ0n) is 9.65. The number of aryl methyl sites for hydroxylation is 1. The van der Waals surface area contributed by atoms with Crippen LogP contribution in [0.4, 0.5) is 10.2 Å². The van der Waals surface area contributed by atoms with Crippen molar-refractivity contribution in [3.63, 3.8) is 0 Å². The van der Waals surface area contributed by atoms with Crippen LogP contribution in [-0.4, -0.2) is 29.1 Å². The highest BCUT2D eigenvalue weighted by Gasteiger charge is 2.25. The third-order valence-corrected chi connectivity index (χ3v) is 2.94. The Morgan fingerprint density at radius 1 is 1.44 bits per heavy atom. The third kappa shape index (κ3) is 2.14. The van der Waals surface area contributed by atoms with Gasteiger partial charge >= 0.3 is 0 Å². The number of halogens is 1. The molecule has 1 aromatic heterocycles. The summed E-state index contributed by atoms with van der Waals surface area (Å²) in [5.74, 6) is 0.525. The van der Waals surface area contributed by atoms with Crippen molar-refractivity contribution in [1.29, 1.82) is 0 Å². The van der Waals surface area contributed by atoms with Crippen molar-refractivity contribution >= 4 is 5.82 Å². The van der Waals surface area contributed by atoms with Crippen LogP contribution in [0.3, 0.4) is 0 Å². The van der Waals surface area contributed by atoms with E-state index >= 15 is 0 Å². The molecule has 2 N–H and O–H groups in total. The van der Waals surface area contributed by atoms with Crippen molar-refractivity contribution < 1.29 is 4.39 Å². The summed E-state index contributed by atoms with van der Waals surface area (Å²) in [5, 5.41) is 0. The van der Waals surface area contributed by atoms with Crippen molar-refractivity contribution in [3.05, 3.63) is 17.8 Å². The Balaban J connectivity index is 2.26. The van der Waals surface area contributed by atoms with Gasteiger partial charge in [-0.3, -0.25) is 0 Å². The first-order valence-electron chi connectivity index (χ1n) is 5.55. The molecule has 2 atom stereocenters. The van der Waals surface area contributed by atoms with Crippen molar-refractivity contribution in [3.8, 4) is 0 Å². The molecule has 4 nitrogen and oxygen atoms in total. The van der Waals surface area contributed by atoms with Gasteiger partial charge in [-0.15, -0.1) is 0 Å². The van der Waals surface area contributed by atoms with Gasteiger partial charge in [0.25, 0.3) is 0 Å². The number of nitrogens with zero attached hydrogens (tertiary/aromatic N) is 3. The van der Waals surface area contributed by atoms with Crippen molar-refractivity contribution in [2.24, 2.45) is 11.7 Å². The molecular weight excluding hydrogens is 207 g/mol. The molecule has 0 aromatic carbocycles. The maximum Gasteiger partial charge on any atom is 0.186 e. The average molecular weight is 224 g/mol. The molecule has 0 aliphatic carbocycles. The lowest BCUT2D eigenvalue weighted by molar-refractivity contribution is 0.395. The van der Waals surface area contributed by atoms with Crippen LogP contribution in [0.1, 0.15) is 19.0 Å². The fourth-order valence-corrected chi connectivity index (χ4v) is 2.24. The van der Waals surface area contributed by atoms with Gasteiger partial charge in [-0.2, -0.15) is 0 Å². The molecule has 5 heteroatoms. The predicted molar refractivity (Wildman–Crippen MR) is 60.7 cm³/mol. The Morgan fingerprint density at radius 3 is 2.88 bits per heavy atom. The molecule has 0 saturated carbocycles. The fourth-order valence-electron chi connectivity index (χ4n) is 2.24. The highest BCUT2D eigenvalue weighted by atomic mass is 19.1. The summed E-state index contributed by atoms with van der Waals surface area (Å²) in [7, 11) is 0. The van der Waals surface area contributed by atoms with Gasteiger partial charge in [0.1, 0.15) is 6.33 Å². The number of nitrogens with two attached hydrogens (primary N) is 1. The van der Waals surface area contributed by atoms with Gasteiger partial charge in [0.2, 0.25) is 0 Å². The van der Waals surface area contributed by atoms with E-state index in [1.807, 2.05) is 4.90 Å². The SMILES string of the molecule is Cc1ncnc(N2CC(C)CC(N)C2)c1F. The van der Waals surface area contributed by atoms with E-state index in [1.54, 1.807) is 6.92 Å². The van der Waals surface area contributed by atoms with E-state index in [1.165, 1.54) is 6.33 Å². The molecular formula is C11H17FN4. The average Bonchev–Trinajstić information content (AvgIpc) is 2.20. The van der Waals surface area contributed by atoms with Gasteiger partial charge in [0, 0.05) is 19.1 Å². The van der Waals surface area contributed by atoms with E-state index < -0.39 is 0 Å². The second-order valence-electron chi connectivity index (χ2n) is 4.60. The van der Waals surface area contributed by atoms with Gasteiger partial charge < -0.3 is 10.6 Å². The first kappa shape index (κ1) is 11.3. The van der Waals surface area contributed by atoms with Gasteiger partial charge in [0.05, 0.1) is 5.69 Å². The molecule has 16 heavy (non-hydrogen) atoms. The predicted octanol–water partition coefficient (Wildman–Crippen LogP) is 1.10. The molecule has 1 fully saturated rings. The summed E-state index contributed by atoms with van der Waals surface area (Å²) in [6, 6.07) is 0.0958. The molecule has 1 aromatic rings. The van der Waals surface area contributed by atoms with E-state index in [9.17, 15) is 4.39 Å². The normalized spacial score (nSPS) is 25.9. The summed E-state index contributed by atoms with van der Waals surface area (Å²) < 4.78 is 13.8. The zero-order valence-corrected chi connectivity index (χ0v) is 9.65. The van der Waals surface area contributed by atoms with E-state index in [-0.39, 0.29) is 11.9 Å². The highest BCUT2D eigenvalue weighted by Crippen LogP contribution is 2.23. The number of piperidine rings is 1. The number of rotatable bonds is 1. The summed E-state index contributed by atoms with van der Waals surface area (Å²) in [4.78, 5) is 9.76. The Kier molecular flexibility index (Phi) is 3.05. The second-order valence-corrected chi connectivity index (χ2v) is 4.60. The van der Waals surface area contributed by atoms with E-state index in [0.29, 0.717) is 24.0 Å². The lowest BCUT2D eigenvalue weighted by atomic mass is 9.96. The molecule has 1 aliphatic heterocycles. The standard InChI is InChI=1S/C11H17FN4/c1-7-3-9(13)5-16(4-7)11-10(12)8(2)14-6-15-11/h6-7,9H,3-5,13H2,1-2H3. The number of hydrogen-bond acceptors (Lipinski definition) is 4. The molecule has 0 radical (unpaired) electrons. The maximum atomic E-state index is 13.8. The first-order chi connectivity index (χ1) is 7.58. The zero-order chi connectivity index (χ0) is 11.7. The van der Waals surface area contributed by atoms with Crippen LogP contribution < -0.4 is 10.6 Å². The Morgan fingerprint density at radius 2 is 2.19 bits per heavy atom. The largest absolute Gasteiger partial charge is 0.352 e. The number of hydrogen-bond donors (Lipinski definition) is 1. The minimum atomic E-state index is -0.330. The van der Waals surface area contributed by atoms with Crippen LogP contribution in [0.5, 0.6) is 0 Å². The molecule has 1 saturated heterocycles. The van der Waals surface area contributed by atoms with Crippen LogP contribution in [0.2, 0.25) is 0 Å². The lowest BCUT2D eigenvalue weighted by Crippen LogP contribution is -2.47. The second kappa shape index (κ2) is 4.33. The molecule has 0 bridgehead atoms. The monoisotopic (exact) mass is 224 g/mol. The highest BCUT2D eigenvalue weighted by molar-refractivity contribution is 5.41. The molecule has 2 heterocycles. The van der Waals surface area contributed by atoms with Crippen molar-refractivity contribution in [2.45, 2.75) is 26.3 Å². The van der Waals surface area contributed by atoms with E-state index in [0.717, 1.165) is 13.0 Å². The van der Waals surface area contributed by atoms with Gasteiger partial charge in [-0.25, -0.2) is 14.4 Å².